The molecule has 214 valence electrons. The van der Waals surface area contributed by atoms with Gasteiger partial charge in [-0.05, 0) is 13.8 Å². The fourth-order valence-electron chi connectivity index (χ4n) is 2.38. The van der Waals surface area contributed by atoms with E-state index in [-0.39, 0.29) is 0 Å². The van der Waals surface area contributed by atoms with E-state index in [0.717, 1.165) is 32.0 Å². The molecular formula is C18H15F14O4P. The quantitative estimate of drug-likeness (QED) is 0.139. The van der Waals surface area contributed by atoms with Crippen molar-refractivity contribution in [2.45, 2.75) is 49.6 Å². The van der Waals surface area contributed by atoms with Crippen molar-refractivity contribution < 1.29 is 79.6 Å². The van der Waals surface area contributed by atoms with Gasteiger partial charge >= 0.3 is 43.6 Å². The van der Waals surface area contributed by atoms with Gasteiger partial charge in [0.1, 0.15) is 0 Å². The Balaban J connectivity index is 3.89. The number of allylic oxidation sites excluding steroid dienone is 1. The molecule has 0 unspecified atom stereocenters. The molecule has 0 aliphatic rings. The summed E-state index contributed by atoms with van der Waals surface area (Å²) in [7, 11) is -5.22. The monoisotopic (exact) mass is 592 g/mol. The third-order valence-electron chi connectivity index (χ3n) is 4.22. The fourth-order valence-corrected chi connectivity index (χ4v) is 3.60. The number of phosphoric acid groups is 1. The van der Waals surface area contributed by atoms with E-state index in [9.17, 15) is 66.0 Å². The van der Waals surface area contributed by atoms with E-state index in [1.165, 1.54) is 0 Å². The molecule has 0 spiro atoms. The fraction of sp³-hybridized carbons (Fsp3) is 0.556. The molecule has 0 aliphatic heterocycles. The third-order valence-corrected chi connectivity index (χ3v) is 5.78. The van der Waals surface area contributed by atoms with Crippen LogP contribution < -0.4 is 0 Å². The standard InChI is InChI=1S/C18H15F14O4P/c1-3-34-37(33,35-4-2)36-11(10-8-6-5-7-9-10)12(19)13(20,21)14(22,23)15(24,25)16(26,27)17(28,29)18(30,31)32/h5-9H,3-4H2,1-2H3/b12-11+. The van der Waals surface area contributed by atoms with Gasteiger partial charge in [-0.25, -0.2) is 8.96 Å². The number of hydrogen-bond donors (Lipinski definition) is 0. The maximum atomic E-state index is 14.8. The van der Waals surface area contributed by atoms with Gasteiger partial charge in [-0.1, -0.05) is 30.3 Å². The van der Waals surface area contributed by atoms with E-state index in [1.54, 1.807) is 0 Å². The second-order valence-corrected chi connectivity index (χ2v) is 8.35. The Labute approximate surface area is 198 Å². The molecule has 37 heavy (non-hydrogen) atoms. The highest BCUT2D eigenvalue weighted by Gasteiger charge is 2.91. The normalized spacial score (nSPS) is 15.5. The van der Waals surface area contributed by atoms with Crippen LogP contribution in [0.25, 0.3) is 5.76 Å². The molecule has 0 saturated heterocycles. The summed E-state index contributed by atoms with van der Waals surface area (Å²) < 4.78 is 215. The smallest absolute Gasteiger partial charge is 0.400 e. The molecule has 0 amide bonds. The zero-order valence-corrected chi connectivity index (χ0v) is 19.1. The Kier molecular flexibility index (Phi) is 9.44. The van der Waals surface area contributed by atoms with Crippen molar-refractivity contribution in [1.29, 1.82) is 0 Å². The van der Waals surface area contributed by atoms with Gasteiger partial charge in [0.25, 0.3) is 0 Å². The van der Waals surface area contributed by atoms with Crippen LogP contribution in [0.5, 0.6) is 0 Å². The lowest BCUT2D eigenvalue weighted by molar-refractivity contribution is -0.437. The van der Waals surface area contributed by atoms with E-state index in [2.05, 4.69) is 13.6 Å². The van der Waals surface area contributed by atoms with Crippen LogP contribution in [0, 0.1) is 0 Å². The Bertz CT molecular complexity index is 997. The van der Waals surface area contributed by atoms with Gasteiger partial charge in [0, 0.05) is 5.56 Å². The second kappa shape index (κ2) is 10.6. The number of halogens is 14. The van der Waals surface area contributed by atoms with Crippen LogP contribution in [0.3, 0.4) is 0 Å². The summed E-state index contributed by atoms with van der Waals surface area (Å²) in [6.45, 7) is 0.904. The highest BCUT2D eigenvalue weighted by molar-refractivity contribution is 7.48. The van der Waals surface area contributed by atoms with Crippen LogP contribution >= 0.6 is 7.82 Å². The first-order chi connectivity index (χ1) is 16.5. The summed E-state index contributed by atoms with van der Waals surface area (Å²) in [5.74, 6) is -46.0. The van der Waals surface area contributed by atoms with E-state index in [1.807, 2.05) is 0 Å². The maximum Gasteiger partial charge on any atom is 0.530 e. The van der Waals surface area contributed by atoms with E-state index in [4.69, 9.17) is 0 Å². The number of benzene rings is 1. The van der Waals surface area contributed by atoms with Gasteiger partial charge in [-0.3, -0.25) is 9.05 Å². The maximum absolute atomic E-state index is 14.8. The molecule has 0 fully saturated rings. The molecule has 0 bridgehead atoms. The Morgan fingerprint density at radius 2 is 1.11 bits per heavy atom. The van der Waals surface area contributed by atoms with Crippen molar-refractivity contribution in [2.24, 2.45) is 0 Å². The second-order valence-electron chi connectivity index (χ2n) is 6.75. The van der Waals surface area contributed by atoms with Crippen LogP contribution in [-0.2, 0) is 18.1 Å². The first kappa shape index (κ1) is 33.0. The minimum Gasteiger partial charge on any atom is -0.400 e. The van der Waals surface area contributed by atoms with Gasteiger partial charge in [-0.2, -0.15) is 57.1 Å². The largest absolute Gasteiger partial charge is 0.530 e. The average molecular weight is 592 g/mol. The average Bonchev–Trinajstić information content (AvgIpc) is 2.76. The van der Waals surface area contributed by atoms with E-state index < -0.39 is 74.0 Å². The lowest BCUT2D eigenvalue weighted by Crippen LogP contribution is -2.70. The van der Waals surface area contributed by atoms with Crippen molar-refractivity contribution in [1.82, 2.24) is 0 Å². The van der Waals surface area contributed by atoms with Crippen molar-refractivity contribution in [3.05, 3.63) is 41.7 Å². The van der Waals surface area contributed by atoms with Crippen LogP contribution in [-0.4, -0.2) is 49.0 Å². The molecule has 4 nitrogen and oxygen atoms in total. The minimum atomic E-state index is -8.24. The molecule has 0 radical (unpaired) electrons. The van der Waals surface area contributed by atoms with Crippen molar-refractivity contribution in [2.75, 3.05) is 13.2 Å². The molecule has 1 aromatic carbocycles. The predicted octanol–water partition coefficient (Wildman–Crippen LogP) is 8.26. The Hall–Kier alpha value is -2.07. The first-order valence-electron chi connectivity index (χ1n) is 9.48. The van der Waals surface area contributed by atoms with Crippen LogP contribution in [0.2, 0.25) is 0 Å². The van der Waals surface area contributed by atoms with Crippen LogP contribution in [0.1, 0.15) is 19.4 Å². The van der Waals surface area contributed by atoms with Gasteiger partial charge in [0.05, 0.1) is 13.2 Å². The molecule has 0 aromatic heterocycles. The summed E-state index contributed by atoms with van der Waals surface area (Å²) in [5, 5.41) is 0. The zero-order valence-electron chi connectivity index (χ0n) is 18.2. The molecule has 1 aromatic rings. The molecule has 0 heterocycles. The van der Waals surface area contributed by atoms with Crippen molar-refractivity contribution >= 4 is 13.6 Å². The summed E-state index contributed by atoms with van der Waals surface area (Å²) in [5.41, 5.74) is -1.09. The van der Waals surface area contributed by atoms with Crippen LogP contribution in [0.15, 0.2) is 36.2 Å². The van der Waals surface area contributed by atoms with Gasteiger partial charge in [0.2, 0.25) is 5.83 Å². The highest BCUT2D eigenvalue weighted by Crippen LogP contribution is 2.62. The molecule has 0 aliphatic carbocycles. The summed E-state index contributed by atoms with van der Waals surface area (Å²) in [6.07, 6.45) is -7.63. The predicted molar refractivity (Wildman–Crippen MR) is 97.2 cm³/mol. The molecule has 0 atom stereocenters. The summed E-state index contributed by atoms with van der Waals surface area (Å²) >= 11 is 0. The van der Waals surface area contributed by atoms with Crippen molar-refractivity contribution in [3.63, 3.8) is 0 Å². The number of alkyl halides is 13. The van der Waals surface area contributed by atoms with Gasteiger partial charge < -0.3 is 4.52 Å². The van der Waals surface area contributed by atoms with Gasteiger partial charge in [-0.15, -0.1) is 0 Å². The number of hydrogen-bond acceptors (Lipinski definition) is 4. The highest BCUT2D eigenvalue weighted by atomic mass is 31.2. The zero-order chi connectivity index (χ0) is 29.3. The third kappa shape index (κ3) is 5.70. The first-order valence-corrected chi connectivity index (χ1v) is 10.9. The Morgan fingerprint density at radius 3 is 1.49 bits per heavy atom. The topological polar surface area (TPSA) is 44.8 Å². The molecule has 0 N–H and O–H groups in total. The lowest BCUT2D eigenvalue weighted by Gasteiger charge is -2.39. The number of rotatable bonds is 12. The van der Waals surface area contributed by atoms with Gasteiger partial charge in [0.15, 0.2) is 5.76 Å². The number of phosphoric ester groups is 1. The minimum absolute atomic E-state index is 0.565. The molecule has 19 heteroatoms. The molecule has 1 rings (SSSR count). The summed E-state index contributed by atoms with van der Waals surface area (Å²) in [6, 6.07) is 3.98. The van der Waals surface area contributed by atoms with Crippen LogP contribution in [0.4, 0.5) is 61.5 Å². The summed E-state index contributed by atoms with van der Waals surface area (Å²) in [4.78, 5) is 0. The molecular weight excluding hydrogens is 577 g/mol. The van der Waals surface area contributed by atoms with E-state index >= 15 is 0 Å². The molecule has 0 saturated carbocycles. The SMILES string of the molecule is CCOP(=O)(OCC)O/C(=C(/F)C(F)(F)C(F)(F)C(F)(F)C(F)(F)C(F)(F)C(F)(F)F)c1ccccc1. The Morgan fingerprint density at radius 1 is 0.703 bits per heavy atom. The lowest BCUT2D eigenvalue weighted by atomic mass is 9.92. The van der Waals surface area contributed by atoms with E-state index in [0.29, 0.717) is 12.1 Å². The van der Waals surface area contributed by atoms with Crippen molar-refractivity contribution in [3.8, 4) is 0 Å².